The van der Waals surface area contributed by atoms with Gasteiger partial charge in [0, 0.05) is 24.9 Å². The Morgan fingerprint density at radius 1 is 1.38 bits per heavy atom. The van der Waals surface area contributed by atoms with Gasteiger partial charge in [0.1, 0.15) is 0 Å². The molecule has 1 aliphatic heterocycles. The molecule has 0 amide bonds. The average molecular weight is 240 g/mol. The molecule has 16 heavy (non-hydrogen) atoms. The van der Waals surface area contributed by atoms with Crippen LogP contribution < -0.4 is 9.47 Å². The van der Waals surface area contributed by atoms with Crippen LogP contribution in [0.25, 0.3) is 0 Å². The van der Waals surface area contributed by atoms with E-state index < -0.39 is 5.79 Å². The van der Waals surface area contributed by atoms with Crippen LogP contribution in [0.15, 0.2) is 17.1 Å². The minimum atomic E-state index is -0.682. The molecule has 0 aliphatic carbocycles. The van der Waals surface area contributed by atoms with Gasteiger partial charge in [-0.1, -0.05) is 11.6 Å². The molecule has 0 N–H and O–H groups in total. The van der Waals surface area contributed by atoms with Crippen LogP contribution in [-0.2, 0) is 11.3 Å². The van der Waals surface area contributed by atoms with Crippen molar-refractivity contribution in [3.63, 3.8) is 0 Å². The summed E-state index contributed by atoms with van der Waals surface area (Å²) in [7, 11) is 0. The Hall–Kier alpha value is -1.51. The zero-order valence-electron chi connectivity index (χ0n) is 8.91. The normalized spacial score (nSPS) is 15.7. The molecule has 4 nitrogen and oxygen atoms in total. The van der Waals surface area contributed by atoms with Gasteiger partial charge in [0.25, 0.3) is 0 Å². The Balaban J connectivity index is 2.36. The van der Waals surface area contributed by atoms with Crippen molar-refractivity contribution < 1.29 is 14.3 Å². The van der Waals surface area contributed by atoms with Gasteiger partial charge in [0.15, 0.2) is 11.5 Å². The van der Waals surface area contributed by atoms with E-state index in [-0.39, 0.29) is 6.54 Å². The maximum absolute atomic E-state index is 10.0. The van der Waals surface area contributed by atoms with Gasteiger partial charge in [-0.2, -0.15) is 0 Å². The minimum absolute atomic E-state index is 0.194. The molecular formula is C11H10ClNO3. The quantitative estimate of drug-likeness (QED) is 0.589. The lowest BCUT2D eigenvalue weighted by Crippen LogP contribution is -2.29. The van der Waals surface area contributed by atoms with Gasteiger partial charge in [-0.15, -0.1) is 0 Å². The molecule has 84 valence electrons. The van der Waals surface area contributed by atoms with E-state index in [1.165, 1.54) is 6.08 Å². The second-order valence-corrected chi connectivity index (χ2v) is 4.31. The Morgan fingerprint density at radius 2 is 2.00 bits per heavy atom. The SMILES string of the molecule is CC1(C)Oc2cc(Cl)c(CN=C=O)cc2O1. The van der Waals surface area contributed by atoms with Crippen molar-refractivity contribution in [3.05, 3.63) is 22.7 Å². The molecule has 0 atom stereocenters. The van der Waals surface area contributed by atoms with Crippen LogP contribution in [0.1, 0.15) is 19.4 Å². The molecule has 0 aromatic heterocycles. The number of rotatable bonds is 2. The van der Waals surface area contributed by atoms with Crippen LogP contribution in [0.5, 0.6) is 11.5 Å². The summed E-state index contributed by atoms with van der Waals surface area (Å²) in [6.45, 7) is 3.81. The van der Waals surface area contributed by atoms with Crippen molar-refractivity contribution in [2.75, 3.05) is 0 Å². The molecule has 2 rings (SSSR count). The third-order valence-electron chi connectivity index (χ3n) is 2.14. The molecule has 1 heterocycles. The van der Waals surface area contributed by atoms with Crippen LogP contribution in [0.4, 0.5) is 0 Å². The van der Waals surface area contributed by atoms with Crippen LogP contribution >= 0.6 is 11.6 Å². The van der Waals surface area contributed by atoms with Gasteiger partial charge >= 0.3 is 0 Å². The number of ether oxygens (including phenoxy) is 2. The van der Waals surface area contributed by atoms with Gasteiger partial charge in [-0.25, -0.2) is 9.79 Å². The molecule has 0 spiro atoms. The standard InChI is InChI=1S/C11H10ClNO3/c1-11(2)15-9-3-7(5-13-6-14)8(12)4-10(9)16-11/h3-4H,5H2,1-2H3. The van der Waals surface area contributed by atoms with Gasteiger partial charge < -0.3 is 9.47 Å². The van der Waals surface area contributed by atoms with E-state index in [1.54, 1.807) is 12.1 Å². The van der Waals surface area contributed by atoms with E-state index in [4.69, 9.17) is 21.1 Å². The van der Waals surface area contributed by atoms with Gasteiger partial charge in [-0.3, -0.25) is 0 Å². The maximum Gasteiger partial charge on any atom is 0.246 e. The van der Waals surface area contributed by atoms with E-state index in [0.717, 1.165) is 0 Å². The second-order valence-electron chi connectivity index (χ2n) is 3.90. The summed E-state index contributed by atoms with van der Waals surface area (Å²) >= 11 is 6.01. The summed E-state index contributed by atoms with van der Waals surface area (Å²) in [5.74, 6) is 0.539. The fourth-order valence-corrected chi connectivity index (χ4v) is 1.74. The lowest BCUT2D eigenvalue weighted by atomic mass is 10.2. The predicted molar refractivity (Wildman–Crippen MR) is 58.6 cm³/mol. The van der Waals surface area contributed by atoms with Gasteiger partial charge in [-0.05, 0) is 11.6 Å². The first kappa shape index (κ1) is 11.0. The number of hydrogen-bond acceptors (Lipinski definition) is 4. The van der Waals surface area contributed by atoms with Crippen molar-refractivity contribution in [2.45, 2.75) is 26.2 Å². The largest absolute Gasteiger partial charge is 0.449 e. The molecule has 0 unspecified atom stereocenters. The first-order valence-electron chi connectivity index (χ1n) is 4.76. The predicted octanol–water partition coefficient (Wildman–Crippen LogP) is 2.68. The molecular weight excluding hydrogens is 230 g/mol. The molecule has 0 saturated heterocycles. The highest BCUT2D eigenvalue weighted by molar-refractivity contribution is 6.31. The molecule has 1 aliphatic rings. The summed E-state index contributed by atoms with van der Waals surface area (Å²) in [6.07, 6.45) is 1.47. The van der Waals surface area contributed by atoms with E-state index in [2.05, 4.69) is 4.99 Å². The van der Waals surface area contributed by atoms with E-state index >= 15 is 0 Å². The number of isocyanates is 1. The highest BCUT2D eigenvalue weighted by atomic mass is 35.5. The van der Waals surface area contributed by atoms with Crippen molar-refractivity contribution in [3.8, 4) is 11.5 Å². The molecule has 5 heteroatoms. The number of carbonyl (C=O) groups excluding carboxylic acids is 1. The number of halogens is 1. The number of hydrogen-bond donors (Lipinski definition) is 0. The summed E-state index contributed by atoms with van der Waals surface area (Å²) in [6, 6.07) is 3.40. The first-order chi connectivity index (χ1) is 7.52. The summed E-state index contributed by atoms with van der Waals surface area (Å²) < 4.78 is 11.1. The topological polar surface area (TPSA) is 47.9 Å². The summed E-state index contributed by atoms with van der Waals surface area (Å²) in [5.41, 5.74) is 0.713. The van der Waals surface area contributed by atoms with Crippen molar-refractivity contribution in [1.29, 1.82) is 0 Å². The number of benzene rings is 1. The number of fused-ring (bicyclic) bond motifs is 1. The summed E-state index contributed by atoms with van der Waals surface area (Å²) in [4.78, 5) is 13.5. The Kier molecular flexibility index (Phi) is 2.62. The highest BCUT2D eigenvalue weighted by Gasteiger charge is 2.32. The van der Waals surface area contributed by atoms with Crippen molar-refractivity contribution in [2.24, 2.45) is 4.99 Å². The molecule has 0 saturated carbocycles. The van der Waals surface area contributed by atoms with E-state index in [1.807, 2.05) is 13.8 Å². The van der Waals surface area contributed by atoms with Crippen molar-refractivity contribution in [1.82, 2.24) is 0 Å². The molecule has 0 radical (unpaired) electrons. The Morgan fingerprint density at radius 3 is 2.62 bits per heavy atom. The third-order valence-corrected chi connectivity index (χ3v) is 2.49. The fraction of sp³-hybridized carbons (Fsp3) is 0.364. The smallest absolute Gasteiger partial charge is 0.246 e. The monoisotopic (exact) mass is 239 g/mol. The molecule has 0 fully saturated rings. The van der Waals surface area contributed by atoms with E-state index in [0.29, 0.717) is 22.1 Å². The number of aliphatic imine (C=N–C) groups is 1. The fourth-order valence-electron chi connectivity index (χ4n) is 1.53. The van der Waals surface area contributed by atoms with Crippen LogP contribution in [0, 0.1) is 0 Å². The maximum atomic E-state index is 10.0. The van der Waals surface area contributed by atoms with Crippen LogP contribution in [0.2, 0.25) is 5.02 Å². The Bertz CT molecular complexity index is 478. The van der Waals surface area contributed by atoms with Crippen LogP contribution in [0.3, 0.4) is 0 Å². The third kappa shape index (κ3) is 2.03. The Labute approximate surface area is 97.8 Å². The zero-order chi connectivity index (χ0) is 11.8. The first-order valence-corrected chi connectivity index (χ1v) is 5.14. The lowest BCUT2D eigenvalue weighted by molar-refractivity contribution is -0.0431. The minimum Gasteiger partial charge on any atom is -0.449 e. The average Bonchev–Trinajstić information content (AvgIpc) is 2.47. The summed E-state index contributed by atoms with van der Waals surface area (Å²) in [5, 5.41) is 0.499. The number of nitrogens with zero attached hydrogens (tertiary/aromatic N) is 1. The van der Waals surface area contributed by atoms with E-state index in [9.17, 15) is 4.79 Å². The second kappa shape index (κ2) is 3.81. The van der Waals surface area contributed by atoms with Crippen molar-refractivity contribution >= 4 is 17.7 Å². The lowest BCUT2D eigenvalue weighted by Gasteiger charge is -2.16. The van der Waals surface area contributed by atoms with Gasteiger partial charge in [0.05, 0.1) is 6.54 Å². The van der Waals surface area contributed by atoms with Gasteiger partial charge in [0.2, 0.25) is 11.9 Å². The molecule has 0 bridgehead atoms. The molecule has 1 aromatic rings. The van der Waals surface area contributed by atoms with Crippen LogP contribution in [-0.4, -0.2) is 11.9 Å². The highest BCUT2D eigenvalue weighted by Crippen LogP contribution is 2.42. The zero-order valence-corrected chi connectivity index (χ0v) is 9.67. The molecule has 1 aromatic carbocycles.